The van der Waals surface area contributed by atoms with Crippen molar-refractivity contribution in [2.24, 2.45) is 0 Å². The summed E-state index contributed by atoms with van der Waals surface area (Å²) < 4.78 is 0. The molecule has 0 amide bonds. The molecule has 134 valence electrons. The van der Waals surface area contributed by atoms with Crippen molar-refractivity contribution in [1.29, 1.82) is 0 Å². The summed E-state index contributed by atoms with van der Waals surface area (Å²) in [6.45, 7) is 5.77. The maximum Gasteiger partial charge on any atom is 0.185 e. The van der Waals surface area contributed by atoms with Crippen molar-refractivity contribution in [3.8, 4) is 0 Å². The smallest absolute Gasteiger partial charge is 0.185 e. The largest absolute Gasteiger partial charge is 0.383 e. The average molecular weight is 359 g/mol. The Bertz CT molecular complexity index is 672. The van der Waals surface area contributed by atoms with E-state index in [0.29, 0.717) is 0 Å². The topological polar surface area (TPSA) is 42.8 Å². The Morgan fingerprint density at radius 2 is 1.88 bits per heavy atom. The standard InChI is InChI=1S/C19H26N4OS/c1-21-10-12-22(13-11-21)17-15-23(18-20-8-14-25-18)9-7-19(17,24)16-5-3-2-4-6-16/h2-6,8,14,17,24H,7,9-13,15H2,1H3/t17-,19+/m1/s1. The first-order valence-corrected chi connectivity index (χ1v) is 9.90. The second-order valence-electron chi connectivity index (χ2n) is 7.16. The molecule has 0 radical (unpaired) electrons. The van der Waals surface area contributed by atoms with Crippen molar-refractivity contribution in [3.63, 3.8) is 0 Å². The summed E-state index contributed by atoms with van der Waals surface area (Å²) in [4.78, 5) is 11.7. The number of piperidine rings is 1. The molecule has 2 fully saturated rings. The van der Waals surface area contributed by atoms with Crippen molar-refractivity contribution in [1.82, 2.24) is 14.8 Å². The molecule has 1 N–H and O–H groups in total. The van der Waals surface area contributed by atoms with Gasteiger partial charge in [-0.3, -0.25) is 4.90 Å². The average Bonchev–Trinajstić information content (AvgIpc) is 3.18. The molecule has 2 aromatic rings. The predicted molar refractivity (Wildman–Crippen MR) is 102 cm³/mol. The van der Waals surface area contributed by atoms with E-state index in [1.54, 1.807) is 11.3 Å². The number of nitrogens with zero attached hydrogens (tertiary/aromatic N) is 4. The Morgan fingerprint density at radius 1 is 1.12 bits per heavy atom. The van der Waals surface area contributed by atoms with E-state index >= 15 is 0 Å². The quantitative estimate of drug-likeness (QED) is 0.907. The fourth-order valence-electron chi connectivity index (χ4n) is 4.08. The van der Waals surface area contributed by atoms with Crippen LogP contribution >= 0.6 is 11.3 Å². The van der Waals surface area contributed by atoms with E-state index in [1.165, 1.54) is 0 Å². The third-order valence-corrected chi connectivity index (χ3v) is 6.48. The molecule has 6 heteroatoms. The van der Waals surface area contributed by atoms with Gasteiger partial charge in [0.15, 0.2) is 5.13 Å². The molecular formula is C19H26N4OS. The van der Waals surface area contributed by atoms with Crippen LogP contribution in [0.2, 0.25) is 0 Å². The summed E-state index contributed by atoms with van der Waals surface area (Å²) in [5.74, 6) is 0. The van der Waals surface area contributed by atoms with Crippen molar-refractivity contribution in [2.45, 2.75) is 18.1 Å². The third-order valence-electron chi connectivity index (χ3n) is 5.65. The highest BCUT2D eigenvalue weighted by molar-refractivity contribution is 7.13. The molecule has 25 heavy (non-hydrogen) atoms. The minimum absolute atomic E-state index is 0.0845. The van der Waals surface area contributed by atoms with E-state index in [2.05, 4.69) is 38.9 Å². The molecule has 1 aromatic heterocycles. The monoisotopic (exact) mass is 358 g/mol. The highest BCUT2D eigenvalue weighted by Gasteiger charge is 2.46. The van der Waals surface area contributed by atoms with E-state index in [4.69, 9.17) is 0 Å². The van der Waals surface area contributed by atoms with Crippen LogP contribution in [0.1, 0.15) is 12.0 Å². The van der Waals surface area contributed by atoms with Gasteiger partial charge < -0.3 is 14.9 Å². The molecule has 2 saturated heterocycles. The van der Waals surface area contributed by atoms with Crippen LogP contribution in [0.3, 0.4) is 0 Å². The number of hydrogen-bond donors (Lipinski definition) is 1. The number of piperazine rings is 1. The number of aromatic nitrogens is 1. The first-order chi connectivity index (χ1) is 12.2. The number of benzene rings is 1. The van der Waals surface area contributed by atoms with Crippen molar-refractivity contribution >= 4 is 16.5 Å². The zero-order valence-corrected chi connectivity index (χ0v) is 15.5. The van der Waals surface area contributed by atoms with Gasteiger partial charge in [-0.25, -0.2) is 4.98 Å². The van der Waals surface area contributed by atoms with Crippen LogP contribution in [0.25, 0.3) is 0 Å². The SMILES string of the molecule is CN1CCN([C@@H]2CN(c3nccs3)CC[C@]2(O)c2ccccc2)CC1. The Hall–Kier alpha value is -1.47. The van der Waals surface area contributed by atoms with Crippen LogP contribution in [-0.4, -0.2) is 72.2 Å². The van der Waals surface area contributed by atoms with Gasteiger partial charge in [0.25, 0.3) is 0 Å². The first-order valence-electron chi connectivity index (χ1n) is 9.02. The van der Waals surface area contributed by atoms with Crippen LogP contribution in [0.15, 0.2) is 41.9 Å². The van der Waals surface area contributed by atoms with E-state index in [0.717, 1.165) is 56.4 Å². The van der Waals surface area contributed by atoms with Gasteiger partial charge >= 0.3 is 0 Å². The second kappa shape index (κ2) is 7.03. The van der Waals surface area contributed by atoms with Gasteiger partial charge in [0.1, 0.15) is 5.60 Å². The molecule has 2 aliphatic rings. The normalized spacial score (nSPS) is 29.0. The van der Waals surface area contributed by atoms with E-state index < -0.39 is 5.60 Å². The lowest BCUT2D eigenvalue weighted by Gasteiger charge is -2.51. The van der Waals surface area contributed by atoms with Crippen molar-refractivity contribution in [2.75, 3.05) is 51.2 Å². The number of likely N-dealkylation sites (N-methyl/N-ethyl adjacent to an activating group) is 1. The summed E-state index contributed by atoms with van der Waals surface area (Å²) >= 11 is 1.68. The zero-order valence-electron chi connectivity index (χ0n) is 14.7. The lowest BCUT2D eigenvalue weighted by Crippen LogP contribution is -2.63. The maximum atomic E-state index is 11.7. The number of anilines is 1. The van der Waals surface area contributed by atoms with Gasteiger partial charge in [0.05, 0.1) is 6.04 Å². The molecule has 0 unspecified atom stereocenters. The van der Waals surface area contributed by atoms with Crippen LogP contribution < -0.4 is 4.90 Å². The Balaban J connectivity index is 1.63. The summed E-state index contributed by atoms with van der Waals surface area (Å²) in [7, 11) is 2.17. The minimum atomic E-state index is -0.801. The van der Waals surface area contributed by atoms with Gasteiger partial charge in [-0.1, -0.05) is 30.3 Å². The number of hydrogen-bond acceptors (Lipinski definition) is 6. The Kier molecular flexibility index (Phi) is 4.78. The van der Waals surface area contributed by atoms with Crippen LogP contribution in [0.4, 0.5) is 5.13 Å². The zero-order chi connectivity index (χ0) is 17.3. The van der Waals surface area contributed by atoms with Crippen molar-refractivity contribution < 1.29 is 5.11 Å². The highest BCUT2D eigenvalue weighted by Crippen LogP contribution is 2.38. The predicted octanol–water partition coefficient (Wildman–Crippen LogP) is 1.86. The molecule has 0 aliphatic carbocycles. The number of aliphatic hydroxyl groups is 1. The molecule has 0 bridgehead atoms. The van der Waals surface area contributed by atoms with Crippen LogP contribution in [0, 0.1) is 0 Å². The van der Waals surface area contributed by atoms with Gasteiger partial charge in [0, 0.05) is 50.8 Å². The minimum Gasteiger partial charge on any atom is -0.383 e. The van der Waals surface area contributed by atoms with Gasteiger partial charge in [0.2, 0.25) is 0 Å². The van der Waals surface area contributed by atoms with Crippen molar-refractivity contribution in [3.05, 3.63) is 47.5 Å². The summed E-state index contributed by atoms with van der Waals surface area (Å²) in [6, 6.07) is 10.3. The molecule has 4 rings (SSSR count). The summed E-state index contributed by atoms with van der Waals surface area (Å²) in [5, 5.41) is 14.8. The van der Waals surface area contributed by atoms with Crippen LogP contribution in [-0.2, 0) is 5.60 Å². The van der Waals surface area contributed by atoms with Gasteiger partial charge in [-0.15, -0.1) is 11.3 Å². The van der Waals surface area contributed by atoms with E-state index in [-0.39, 0.29) is 6.04 Å². The van der Waals surface area contributed by atoms with E-state index in [9.17, 15) is 5.11 Å². The molecule has 3 heterocycles. The van der Waals surface area contributed by atoms with Gasteiger partial charge in [-0.05, 0) is 19.0 Å². The molecule has 2 atom stereocenters. The molecule has 5 nitrogen and oxygen atoms in total. The molecule has 1 aromatic carbocycles. The first kappa shape index (κ1) is 17.0. The van der Waals surface area contributed by atoms with Gasteiger partial charge in [-0.2, -0.15) is 0 Å². The lowest BCUT2D eigenvalue weighted by atomic mass is 9.79. The summed E-state index contributed by atoms with van der Waals surface area (Å²) in [6.07, 6.45) is 2.59. The fourth-order valence-corrected chi connectivity index (χ4v) is 4.76. The lowest BCUT2D eigenvalue weighted by molar-refractivity contribution is -0.0756. The Labute approximate surface area is 153 Å². The van der Waals surface area contributed by atoms with Crippen LogP contribution in [0.5, 0.6) is 0 Å². The number of thiazole rings is 1. The fraction of sp³-hybridized carbons (Fsp3) is 0.526. The maximum absolute atomic E-state index is 11.7. The van der Waals surface area contributed by atoms with E-state index in [1.807, 2.05) is 29.8 Å². The molecule has 0 spiro atoms. The molecule has 2 aliphatic heterocycles. The second-order valence-corrected chi connectivity index (χ2v) is 8.03. The third kappa shape index (κ3) is 3.31. The molecule has 0 saturated carbocycles. The molecular weight excluding hydrogens is 332 g/mol. The summed E-state index contributed by atoms with van der Waals surface area (Å²) in [5.41, 5.74) is 0.239. The Morgan fingerprint density at radius 3 is 2.56 bits per heavy atom. The number of rotatable bonds is 3. The highest BCUT2D eigenvalue weighted by atomic mass is 32.1.